The van der Waals surface area contributed by atoms with Crippen LogP contribution in [0.1, 0.15) is 28.3 Å². The maximum absolute atomic E-state index is 12.9. The van der Waals surface area contributed by atoms with E-state index in [1.54, 1.807) is 13.1 Å². The molecule has 0 aliphatic carbocycles. The molecule has 0 saturated carbocycles. The molecule has 1 unspecified atom stereocenters. The molecule has 1 aliphatic heterocycles. The molecule has 8 heteroatoms. The predicted octanol–water partition coefficient (Wildman–Crippen LogP) is 2.05. The lowest BCUT2D eigenvalue weighted by atomic mass is 9.84. The Morgan fingerprint density at radius 2 is 1.88 bits per heavy atom. The van der Waals surface area contributed by atoms with Gasteiger partial charge in [0.1, 0.15) is 0 Å². The molecule has 0 fully saturated rings. The standard InChI is InChI=1S/C17H15ClN4O3/c1-8-11-12(9-6-4-5-7-10(9)18)13-15(23)21(2)17(24)22(3)16(13)25-14(11)20-19-8/h4-7,12H,1-3H3,(H,19,20). The van der Waals surface area contributed by atoms with Crippen LogP contribution in [0.15, 0.2) is 33.9 Å². The van der Waals surface area contributed by atoms with Gasteiger partial charge in [-0.3, -0.25) is 19.0 Å². The minimum Gasteiger partial charge on any atom is -0.420 e. The molecule has 1 N–H and O–H groups in total. The molecule has 0 saturated heterocycles. The summed E-state index contributed by atoms with van der Waals surface area (Å²) < 4.78 is 8.19. The number of fused-ring (bicyclic) bond motifs is 2. The van der Waals surface area contributed by atoms with Gasteiger partial charge in [-0.05, 0) is 18.6 Å². The zero-order valence-corrected chi connectivity index (χ0v) is 14.6. The highest BCUT2D eigenvalue weighted by atomic mass is 35.5. The molecule has 1 aliphatic rings. The van der Waals surface area contributed by atoms with Crippen LogP contribution in [0.4, 0.5) is 0 Å². The topological polar surface area (TPSA) is 81.9 Å². The number of nitrogens with one attached hydrogen (secondary N) is 1. The lowest BCUT2D eigenvalue weighted by molar-refractivity contribution is 0.382. The minimum absolute atomic E-state index is 0.192. The van der Waals surface area contributed by atoms with E-state index >= 15 is 0 Å². The van der Waals surface area contributed by atoms with Crippen LogP contribution in [0.5, 0.6) is 11.8 Å². The Balaban J connectivity index is 2.16. The van der Waals surface area contributed by atoms with Crippen molar-refractivity contribution in [2.75, 3.05) is 0 Å². The summed E-state index contributed by atoms with van der Waals surface area (Å²) in [7, 11) is 3.02. The summed E-state index contributed by atoms with van der Waals surface area (Å²) in [6.07, 6.45) is 0. The fourth-order valence-electron chi connectivity index (χ4n) is 3.31. The van der Waals surface area contributed by atoms with E-state index in [1.807, 2.05) is 25.1 Å². The fraction of sp³-hybridized carbons (Fsp3) is 0.235. The number of aryl methyl sites for hydroxylation is 1. The largest absolute Gasteiger partial charge is 0.420 e. The summed E-state index contributed by atoms with van der Waals surface area (Å²) in [4.78, 5) is 25.2. The molecule has 2 aromatic heterocycles. The Hall–Kier alpha value is -2.80. The van der Waals surface area contributed by atoms with Crippen LogP contribution in [-0.2, 0) is 14.1 Å². The number of aromatic amines is 1. The van der Waals surface area contributed by atoms with Crippen LogP contribution in [-0.4, -0.2) is 19.3 Å². The average Bonchev–Trinajstić information content (AvgIpc) is 2.98. The number of aromatic nitrogens is 4. The minimum atomic E-state index is -0.475. The molecule has 0 amide bonds. The third-order valence-corrected chi connectivity index (χ3v) is 4.93. The molecular formula is C17H15ClN4O3. The van der Waals surface area contributed by atoms with E-state index in [0.29, 0.717) is 16.5 Å². The fourth-order valence-corrected chi connectivity index (χ4v) is 3.56. The van der Waals surface area contributed by atoms with E-state index in [2.05, 4.69) is 10.2 Å². The summed E-state index contributed by atoms with van der Waals surface area (Å²) >= 11 is 6.42. The Bertz CT molecular complexity index is 1130. The Morgan fingerprint density at radius 1 is 1.16 bits per heavy atom. The van der Waals surface area contributed by atoms with Crippen LogP contribution in [0.3, 0.4) is 0 Å². The van der Waals surface area contributed by atoms with Gasteiger partial charge in [0.2, 0.25) is 11.8 Å². The normalized spacial score (nSPS) is 15.4. The van der Waals surface area contributed by atoms with Crippen molar-refractivity contribution in [2.24, 2.45) is 14.1 Å². The molecule has 0 radical (unpaired) electrons. The number of nitrogens with zero attached hydrogens (tertiary/aromatic N) is 3. The van der Waals surface area contributed by atoms with Gasteiger partial charge in [0.05, 0.1) is 11.5 Å². The number of H-pyrrole nitrogens is 1. The molecule has 0 bridgehead atoms. The van der Waals surface area contributed by atoms with Crippen molar-refractivity contribution < 1.29 is 4.74 Å². The van der Waals surface area contributed by atoms with Gasteiger partial charge in [-0.25, -0.2) is 4.79 Å². The maximum Gasteiger partial charge on any atom is 0.333 e. The van der Waals surface area contributed by atoms with Crippen LogP contribution < -0.4 is 16.0 Å². The number of halogens is 1. The Labute approximate surface area is 147 Å². The molecule has 1 aromatic carbocycles. The molecule has 1 atom stereocenters. The number of benzene rings is 1. The van der Waals surface area contributed by atoms with E-state index in [0.717, 1.165) is 21.4 Å². The van der Waals surface area contributed by atoms with E-state index in [9.17, 15) is 9.59 Å². The zero-order chi connectivity index (χ0) is 17.9. The van der Waals surface area contributed by atoms with Crippen LogP contribution in [0.2, 0.25) is 5.02 Å². The van der Waals surface area contributed by atoms with Crippen molar-refractivity contribution in [1.29, 1.82) is 0 Å². The first kappa shape index (κ1) is 15.7. The second kappa shape index (κ2) is 5.35. The molecule has 4 rings (SSSR count). The van der Waals surface area contributed by atoms with Crippen molar-refractivity contribution in [2.45, 2.75) is 12.8 Å². The van der Waals surface area contributed by atoms with Crippen LogP contribution in [0, 0.1) is 6.92 Å². The highest BCUT2D eigenvalue weighted by Gasteiger charge is 2.38. The van der Waals surface area contributed by atoms with Gasteiger partial charge in [-0.1, -0.05) is 29.8 Å². The summed E-state index contributed by atoms with van der Waals surface area (Å²) in [5, 5.41) is 7.59. The smallest absolute Gasteiger partial charge is 0.333 e. The quantitative estimate of drug-likeness (QED) is 0.564. The first-order valence-corrected chi connectivity index (χ1v) is 8.06. The van der Waals surface area contributed by atoms with Crippen LogP contribution >= 0.6 is 11.6 Å². The van der Waals surface area contributed by atoms with Crippen molar-refractivity contribution in [3.05, 3.63) is 72.5 Å². The number of ether oxygens (including phenoxy) is 1. The van der Waals surface area contributed by atoms with E-state index in [-0.39, 0.29) is 5.88 Å². The second-order valence-corrected chi connectivity index (χ2v) is 6.46. The van der Waals surface area contributed by atoms with Gasteiger partial charge in [0.25, 0.3) is 5.56 Å². The van der Waals surface area contributed by atoms with Gasteiger partial charge >= 0.3 is 5.69 Å². The predicted molar refractivity (Wildman–Crippen MR) is 92.7 cm³/mol. The Kier molecular flexibility index (Phi) is 3.36. The first-order valence-electron chi connectivity index (χ1n) is 7.68. The van der Waals surface area contributed by atoms with Crippen molar-refractivity contribution >= 4 is 11.6 Å². The molecule has 3 heterocycles. The lowest BCUT2D eigenvalue weighted by Crippen LogP contribution is -2.41. The summed E-state index contributed by atoms with van der Waals surface area (Å²) in [5.41, 5.74) is 1.79. The third-order valence-electron chi connectivity index (χ3n) is 4.59. The highest BCUT2D eigenvalue weighted by Crippen LogP contribution is 2.47. The lowest BCUT2D eigenvalue weighted by Gasteiger charge is -2.27. The SMILES string of the molecule is Cc1[nH]nc2c1C(c1ccccc1Cl)c1c(n(C)c(=O)n(C)c1=O)O2. The molecule has 0 spiro atoms. The number of hydrogen-bond acceptors (Lipinski definition) is 4. The van der Waals surface area contributed by atoms with Gasteiger partial charge in [0, 0.05) is 30.4 Å². The zero-order valence-electron chi connectivity index (χ0n) is 13.8. The van der Waals surface area contributed by atoms with Crippen molar-refractivity contribution in [3.8, 4) is 11.8 Å². The average molecular weight is 359 g/mol. The van der Waals surface area contributed by atoms with E-state index in [4.69, 9.17) is 16.3 Å². The van der Waals surface area contributed by atoms with Gasteiger partial charge < -0.3 is 4.74 Å². The molecule has 7 nitrogen and oxygen atoms in total. The third kappa shape index (κ3) is 2.09. The number of rotatable bonds is 1. The van der Waals surface area contributed by atoms with Crippen molar-refractivity contribution in [1.82, 2.24) is 19.3 Å². The van der Waals surface area contributed by atoms with Gasteiger partial charge in [-0.2, -0.15) is 0 Å². The number of hydrogen-bond donors (Lipinski definition) is 1. The monoisotopic (exact) mass is 358 g/mol. The van der Waals surface area contributed by atoms with Gasteiger partial charge in [-0.15, -0.1) is 5.10 Å². The highest BCUT2D eigenvalue weighted by molar-refractivity contribution is 6.31. The van der Waals surface area contributed by atoms with E-state index < -0.39 is 17.2 Å². The molecular weight excluding hydrogens is 344 g/mol. The van der Waals surface area contributed by atoms with E-state index in [1.165, 1.54) is 11.6 Å². The van der Waals surface area contributed by atoms with Crippen LogP contribution in [0.25, 0.3) is 0 Å². The summed E-state index contributed by atoms with van der Waals surface area (Å²) in [5.74, 6) is 0.0619. The summed E-state index contributed by atoms with van der Waals surface area (Å²) in [6, 6.07) is 7.32. The Morgan fingerprint density at radius 3 is 2.60 bits per heavy atom. The molecule has 128 valence electrons. The van der Waals surface area contributed by atoms with Crippen molar-refractivity contribution in [3.63, 3.8) is 0 Å². The summed E-state index contributed by atoms with van der Waals surface area (Å²) in [6.45, 7) is 1.86. The second-order valence-electron chi connectivity index (χ2n) is 6.05. The van der Waals surface area contributed by atoms with Gasteiger partial charge in [0.15, 0.2) is 0 Å². The molecule has 25 heavy (non-hydrogen) atoms. The first-order chi connectivity index (χ1) is 11.9. The molecule has 3 aromatic rings. The maximum atomic E-state index is 12.9.